The number of nitrogens with one attached hydrogen (secondary N) is 1. The van der Waals surface area contributed by atoms with Gasteiger partial charge in [0.2, 0.25) is 11.2 Å². The maximum Gasteiger partial charge on any atom is 0.220 e. The van der Waals surface area contributed by atoms with Crippen molar-refractivity contribution in [2.75, 3.05) is 24.1 Å². The van der Waals surface area contributed by atoms with E-state index in [1.54, 1.807) is 0 Å². The van der Waals surface area contributed by atoms with Gasteiger partial charge in [0.15, 0.2) is 0 Å². The minimum absolute atomic E-state index is 0. The first-order valence-electron chi connectivity index (χ1n) is 9.91. The number of aryl methyl sites for hydroxylation is 1. The summed E-state index contributed by atoms with van der Waals surface area (Å²) < 4.78 is 2.37. The van der Waals surface area contributed by atoms with Crippen LogP contribution in [0.1, 0.15) is 13.3 Å². The van der Waals surface area contributed by atoms with Crippen molar-refractivity contribution < 1.29 is 17.0 Å². The molecule has 6 heteroatoms. The molecule has 158 valence electrons. The summed E-state index contributed by atoms with van der Waals surface area (Å²) in [5.41, 5.74) is 17.3. The van der Waals surface area contributed by atoms with Crippen LogP contribution in [-0.2, 0) is 6.54 Å². The van der Waals surface area contributed by atoms with Crippen LogP contribution in [-0.4, -0.2) is 13.1 Å². The van der Waals surface area contributed by atoms with Gasteiger partial charge in [-0.25, -0.2) is 0 Å². The molecule has 5 N–H and O–H groups in total. The molecule has 0 radical (unpaired) electrons. The van der Waals surface area contributed by atoms with Crippen molar-refractivity contribution in [3.8, 4) is 11.3 Å². The van der Waals surface area contributed by atoms with Gasteiger partial charge in [0.1, 0.15) is 6.54 Å². The zero-order valence-electron chi connectivity index (χ0n) is 17.1. The molecule has 0 aliphatic heterocycles. The maximum atomic E-state index is 6.14. The molecular weight excluding hydrogens is 415 g/mol. The van der Waals surface area contributed by atoms with Gasteiger partial charge < -0.3 is 29.2 Å². The van der Waals surface area contributed by atoms with Gasteiger partial charge >= 0.3 is 0 Å². The molecule has 4 aromatic rings. The summed E-state index contributed by atoms with van der Waals surface area (Å²) in [6, 6.07) is 23.4. The Kier molecular flexibility index (Phi) is 8.30. The third-order valence-corrected chi connectivity index (χ3v) is 5.22. The van der Waals surface area contributed by atoms with Crippen LogP contribution in [0.3, 0.4) is 0 Å². The normalized spacial score (nSPS) is 10.5. The average molecular weight is 443 g/mol. The highest BCUT2D eigenvalue weighted by atomic mass is 35.5. The van der Waals surface area contributed by atoms with Gasteiger partial charge in [0, 0.05) is 34.9 Å². The zero-order valence-corrected chi connectivity index (χ0v) is 18.6. The molecule has 3 aromatic carbocycles. The van der Waals surface area contributed by atoms with Crippen LogP contribution in [0.4, 0.5) is 11.4 Å². The van der Waals surface area contributed by atoms with Crippen LogP contribution in [0.15, 0.2) is 66.7 Å². The summed E-state index contributed by atoms with van der Waals surface area (Å²) in [6.07, 6.45) is 0.954. The number of hydrogen-bond donors (Lipinski definition) is 3. The quantitative estimate of drug-likeness (QED) is 0.184. The molecule has 0 bridgehead atoms. The number of aromatic nitrogens is 1. The van der Waals surface area contributed by atoms with Crippen molar-refractivity contribution in [3.63, 3.8) is 0 Å². The monoisotopic (exact) mass is 442 g/mol. The summed E-state index contributed by atoms with van der Waals surface area (Å²) in [5, 5.41) is 7.20. The lowest BCUT2D eigenvalue weighted by Crippen LogP contribution is -3.00. The molecule has 0 saturated carbocycles. The molecule has 0 unspecified atom stereocenters. The molecular formula is C24H28Cl2N4. The average Bonchev–Trinajstić information content (AvgIpc) is 2.73. The molecule has 0 fully saturated rings. The Bertz CT molecular complexity index is 1130. The van der Waals surface area contributed by atoms with E-state index >= 15 is 0 Å². The third kappa shape index (κ3) is 4.46. The van der Waals surface area contributed by atoms with Crippen LogP contribution in [0.2, 0.25) is 0 Å². The maximum absolute atomic E-state index is 6.14. The lowest BCUT2D eigenvalue weighted by Gasteiger charge is -2.13. The number of nitrogens with two attached hydrogens (primary N) is 2. The SMILES string of the molecule is CC[n+]1c(-c2ccccc2)c2cc(NCCCN)ccc2c2ccc(N)cc21.Cl.[Cl-]. The Morgan fingerprint density at radius 3 is 2.33 bits per heavy atom. The Morgan fingerprint density at radius 2 is 1.63 bits per heavy atom. The Hall–Kier alpha value is -2.53. The number of anilines is 2. The number of hydrogen-bond acceptors (Lipinski definition) is 3. The van der Waals surface area contributed by atoms with Gasteiger partial charge in [-0.1, -0.05) is 24.3 Å². The number of pyridine rings is 1. The first kappa shape index (κ1) is 23.7. The lowest BCUT2D eigenvalue weighted by atomic mass is 9.98. The first-order chi connectivity index (χ1) is 13.7. The van der Waals surface area contributed by atoms with Gasteiger partial charge in [-0.2, -0.15) is 4.57 Å². The molecule has 0 aliphatic carbocycles. The number of fused-ring (bicyclic) bond motifs is 3. The molecule has 30 heavy (non-hydrogen) atoms. The van der Waals surface area contributed by atoms with Crippen molar-refractivity contribution in [2.45, 2.75) is 19.9 Å². The van der Waals surface area contributed by atoms with Crippen molar-refractivity contribution in [1.82, 2.24) is 0 Å². The molecule has 0 aliphatic rings. The summed E-state index contributed by atoms with van der Waals surface area (Å²) in [7, 11) is 0. The van der Waals surface area contributed by atoms with E-state index in [1.807, 2.05) is 6.07 Å². The fourth-order valence-corrected chi connectivity index (χ4v) is 3.92. The molecule has 0 amide bonds. The number of nitrogen functional groups attached to an aromatic ring is 1. The van der Waals surface area contributed by atoms with Crippen molar-refractivity contribution in [2.24, 2.45) is 5.73 Å². The van der Waals surface area contributed by atoms with Crippen molar-refractivity contribution >= 4 is 45.5 Å². The Labute approximate surface area is 190 Å². The third-order valence-electron chi connectivity index (χ3n) is 5.22. The smallest absolute Gasteiger partial charge is 0.220 e. The van der Waals surface area contributed by atoms with E-state index in [0.29, 0.717) is 6.54 Å². The van der Waals surface area contributed by atoms with E-state index in [2.05, 4.69) is 77.5 Å². The van der Waals surface area contributed by atoms with Crippen LogP contribution in [0.25, 0.3) is 32.9 Å². The minimum atomic E-state index is 0. The van der Waals surface area contributed by atoms with Crippen LogP contribution < -0.4 is 33.8 Å². The highest BCUT2D eigenvalue weighted by Gasteiger charge is 2.22. The Morgan fingerprint density at radius 1 is 0.900 bits per heavy atom. The summed E-state index contributed by atoms with van der Waals surface area (Å²) in [4.78, 5) is 0. The fraction of sp³-hybridized carbons (Fsp3) is 0.208. The summed E-state index contributed by atoms with van der Waals surface area (Å²) in [5.74, 6) is 0. The fourth-order valence-electron chi connectivity index (χ4n) is 3.92. The van der Waals surface area contributed by atoms with E-state index in [0.717, 1.165) is 36.4 Å². The van der Waals surface area contributed by atoms with Crippen molar-refractivity contribution in [1.29, 1.82) is 0 Å². The van der Waals surface area contributed by atoms with E-state index in [4.69, 9.17) is 11.5 Å². The molecule has 4 rings (SSSR count). The van der Waals surface area contributed by atoms with Crippen LogP contribution in [0.5, 0.6) is 0 Å². The second kappa shape index (κ2) is 10.5. The van der Waals surface area contributed by atoms with Gasteiger partial charge in [-0.15, -0.1) is 12.4 Å². The number of halogens is 2. The molecule has 0 saturated heterocycles. The first-order valence-corrected chi connectivity index (χ1v) is 9.91. The van der Waals surface area contributed by atoms with Crippen molar-refractivity contribution in [3.05, 3.63) is 66.7 Å². The Balaban J connectivity index is 0.00000160. The highest BCUT2D eigenvalue weighted by molar-refractivity contribution is 6.10. The second-order valence-corrected chi connectivity index (χ2v) is 7.06. The van der Waals surface area contributed by atoms with E-state index < -0.39 is 0 Å². The molecule has 0 spiro atoms. The van der Waals surface area contributed by atoms with Crippen LogP contribution >= 0.6 is 12.4 Å². The highest BCUT2D eigenvalue weighted by Crippen LogP contribution is 2.33. The number of nitrogens with zero attached hydrogens (tertiary/aromatic N) is 1. The molecule has 1 aromatic heterocycles. The van der Waals surface area contributed by atoms with E-state index in [9.17, 15) is 0 Å². The lowest BCUT2D eigenvalue weighted by molar-refractivity contribution is -0.655. The predicted octanol–water partition coefficient (Wildman–Crippen LogP) is 1.74. The minimum Gasteiger partial charge on any atom is -1.00 e. The van der Waals surface area contributed by atoms with Gasteiger partial charge in [-0.3, -0.25) is 0 Å². The topological polar surface area (TPSA) is 68.0 Å². The van der Waals surface area contributed by atoms with Crippen LogP contribution in [0, 0.1) is 0 Å². The zero-order chi connectivity index (χ0) is 19.5. The van der Waals surface area contributed by atoms with E-state index in [-0.39, 0.29) is 24.8 Å². The molecule has 4 nitrogen and oxygen atoms in total. The van der Waals surface area contributed by atoms with E-state index in [1.165, 1.54) is 27.4 Å². The second-order valence-electron chi connectivity index (χ2n) is 7.06. The number of rotatable bonds is 6. The summed E-state index contributed by atoms with van der Waals surface area (Å²) >= 11 is 0. The molecule has 0 atom stereocenters. The largest absolute Gasteiger partial charge is 1.00 e. The van der Waals surface area contributed by atoms with Gasteiger partial charge in [0.05, 0.1) is 10.8 Å². The number of benzene rings is 3. The standard InChI is InChI=1S/C24H26N4.2ClH/c1-2-28-23-15-18(26)9-11-21(23)20-12-10-19(27-14-6-13-25)16-22(20)24(28)17-7-4-3-5-8-17;;/h3-5,7-12,15-16,26-27H,2,6,13-14,25H2,1H3;2*1H. The summed E-state index contributed by atoms with van der Waals surface area (Å²) in [6.45, 7) is 4.62. The molecule has 1 heterocycles. The predicted molar refractivity (Wildman–Crippen MR) is 127 cm³/mol. The van der Waals surface area contributed by atoms with Gasteiger partial charge in [-0.05, 0) is 56.3 Å². The van der Waals surface area contributed by atoms with Gasteiger partial charge in [0.25, 0.3) is 0 Å².